The number of carbonyl (C=O) groups excluding carboxylic acids is 2. The Morgan fingerprint density at radius 2 is 1.68 bits per heavy atom. The molecule has 2 aliphatic heterocycles. The van der Waals surface area contributed by atoms with Crippen molar-refractivity contribution >= 4 is 30.4 Å². The summed E-state index contributed by atoms with van der Waals surface area (Å²) in [6, 6.07) is 11.8. The third-order valence-electron chi connectivity index (χ3n) is 8.13. The van der Waals surface area contributed by atoms with Crippen molar-refractivity contribution in [2.45, 2.75) is 30.1 Å². The van der Waals surface area contributed by atoms with Gasteiger partial charge >= 0.3 is 12.2 Å². The van der Waals surface area contributed by atoms with Crippen molar-refractivity contribution in [3.05, 3.63) is 113 Å². The van der Waals surface area contributed by atoms with Gasteiger partial charge in [0.1, 0.15) is 17.6 Å². The van der Waals surface area contributed by atoms with Crippen LogP contribution in [0.1, 0.15) is 40.0 Å². The zero-order valence-corrected chi connectivity index (χ0v) is 26.7. The summed E-state index contributed by atoms with van der Waals surface area (Å²) in [7, 11) is 1.27. The maximum atomic E-state index is 14.6. The number of rotatable bonds is 7. The van der Waals surface area contributed by atoms with E-state index in [1.54, 1.807) is 65.5 Å². The number of aliphatic imine (C=N–C) groups is 1. The molecule has 3 amide bonds. The Morgan fingerprint density at radius 3 is 2.28 bits per heavy atom. The Kier molecular flexibility index (Phi) is 10.4. The topological polar surface area (TPSA) is 98.6 Å². The molecule has 3 heterocycles. The van der Waals surface area contributed by atoms with Gasteiger partial charge in [0.05, 0.1) is 30.9 Å². The van der Waals surface area contributed by atoms with Gasteiger partial charge in [0.15, 0.2) is 0 Å². The molecule has 1 saturated heterocycles. The van der Waals surface area contributed by atoms with Crippen LogP contribution >= 0.6 is 12.6 Å². The number of methoxy groups -OCH3 is 1. The maximum Gasteiger partial charge on any atom is 0.416 e. The van der Waals surface area contributed by atoms with Crippen molar-refractivity contribution in [1.29, 1.82) is 0 Å². The molecular formula is C34H34F3N5O4S. The second-order valence-corrected chi connectivity index (χ2v) is 11.4. The first-order valence-electron chi connectivity index (χ1n) is 14.9. The minimum absolute atomic E-state index is 0.0952. The third kappa shape index (κ3) is 7.20. The van der Waals surface area contributed by atoms with Gasteiger partial charge in [-0.05, 0) is 60.5 Å². The number of carbonyl (C=O) groups is 2. The number of urea groups is 1. The van der Waals surface area contributed by atoms with Gasteiger partial charge in [-0.1, -0.05) is 30.4 Å². The number of aliphatic hydroxyl groups excluding tert-OH is 1. The minimum Gasteiger partial charge on any atom is -0.496 e. The molecule has 2 unspecified atom stereocenters. The lowest BCUT2D eigenvalue weighted by Crippen LogP contribution is -2.56. The number of pyridine rings is 1. The molecule has 0 radical (unpaired) electrons. The highest BCUT2D eigenvalue weighted by Gasteiger charge is 2.45. The monoisotopic (exact) mass is 665 g/mol. The molecular weight excluding hydrogens is 631 g/mol. The van der Waals surface area contributed by atoms with Gasteiger partial charge in [-0.25, -0.2) is 4.79 Å². The Balaban J connectivity index is 1.58. The number of allylic oxidation sites excluding steroid dienone is 1. The number of nitrogens with zero attached hydrogens (tertiary/aromatic N) is 5. The lowest BCUT2D eigenvalue weighted by Gasteiger charge is -2.39. The molecule has 5 rings (SSSR count). The summed E-state index contributed by atoms with van der Waals surface area (Å²) < 4.78 is 46.5. The summed E-state index contributed by atoms with van der Waals surface area (Å²) in [5, 5.41) is 9.60. The quantitative estimate of drug-likeness (QED) is 0.252. The fourth-order valence-electron chi connectivity index (χ4n) is 5.74. The number of benzene rings is 2. The molecule has 0 aliphatic carbocycles. The van der Waals surface area contributed by atoms with Crippen LogP contribution in [-0.2, 0) is 6.18 Å². The van der Waals surface area contributed by atoms with Crippen LogP contribution in [0.15, 0.2) is 101 Å². The number of amides is 3. The number of aromatic nitrogens is 1. The van der Waals surface area contributed by atoms with Crippen LogP contribution in [-0.4, -0.2) is 88.5 Å². The second kappa shape index (κ2) is 14.4. The van der Waals surface area contributed by atoms with Gasteiger partial charge in [-0.15, -0.1) is 12.6 Å². The van der Waals surface area contributed by atoms with E-state index in [4.69, 9.17) is 9.73 Å². The Hall–Kier alpha value is -4.62. The molecule has 0 saturated carbocycles. The van der Waals surface area contributed by atoms with Crippen LogP contribution in [0.4, 0.5) is 18.0 Å². The number of halogens is 3. The van der Waals surface area contributed by atoms with E-state index in [-0.39, 0.29) is 55.8 Å². The Labute approximate surface area is 276 Å². The average molecular weight is 666 g/mol. The number of aliphatic hydroxyl groups is 1. The fraction of sp³-hybridized carbons (Fsp3) is 0.294. The van der Waals surface area contributed by atoms with Gasteiger partial charge in [-0.2, -0.15) is 13.2 Å². The van der Waals surface area contributed by atoms with Crippen molar-refractivity contribution in [2.24, 2.45) is 4.99 Å². The van der Waals surface area contributed by atoms with E-state index in [2.05, 4.69) is 17.6 Å². The highest BCUT2D eigenvalue weighted by Crippen LogP contribution is 2.41. The fourth-order valence-corrected chi connectivity index (χ4v) is 5.89. The van der Waals surface area contributed by atoms with Crippen molar-refractivity contribution in [2.75, 3.05) is 39.9 Å². The molecule has 1 aromatic heterocycles. The van der Waals surface area contributed by atoms with Gasteiger partial charge in [-0.3, -0.25) is 19.7 Å². The molecule has 9 nitrogen and oxygen atoms in total. The van der Waals surface area contributed by atoms with Gasteiger partial charge in [0.25, 0.3) is 5.91 Å². The van der Waals surface area contributed by atoms with Crippen LogP contribution in [0.3, 0.4) is 0 Å². The Bertz CT molecular complexity index is 1690. The molecule has 1 N–H and O–H groups in total. The summed E-state index contributed by atoms with van der Waals surface area (Å²) in [6.45, 7) is 2.53. The van der Waals surface area contributed by atoms with Gasteiger partial charge < -0.3 is 19.6 Å². The first-order valence-corrected chi connectivity index (χ1v) is 15.4. The number of amidine groups is 1. The average Bonchev–Trinajstić information content (AvgIpc) is 3.48. The number of alkyl halides is 3. The van der Waals surface area contributed by atoms with Crippen molar-refractivity contribution in [3.63, 3.8) is 0 Å². The highest BCUT2D eigenvalue weighted by molar-refractivity contribution is 7.80. The minimum atomic E-state index is -4.61. The highest BCUT2D eigenvalue weighted by atomic mass is 32.1. The van der Waals surface area contributed by atoms with Crippen LogP contribution in [0.5, 0.6) is 5.75 Å². The van der Waals surface area contributed by atoms with E-state index < -0.39 is 29.9 Å². The molecule has 3 aromatic rings. The largest absolute Gasteiger partial charge is 0.496 e. The second-order valence-electron chi connectivity index (χ2n) is 10.9. The van der Waals surface area contributed by atoms with Crippen LogP contribution in [0.25, 0.3) is 0 Å². The zero-order chi connectivity index (χ0) is 33.7. The predicted octanol–water partition coefficient (Wildman–Crippen LogP) is 5.64. The summed E-state index contributed by atoms with van der Waals surface area (Å²) in [4.78, 5) is 42.1. The van der Waals surface area contributed by atoms with Crippen LogP contribution < -0.4 is 4.74 Å². The van der Waals surface area contributed by atoms with Gasteiger partial charge in [0.2, 0.25) is 0 Å². The van der Waals surface area contributed by atoms with E-state index in [1.807, 2.05) is 18.2 Å². The lowest BCUT2D eigenvalue weighted by molar-refractivity contribution is -0.137. The third-order valence-corrected chi connectivity index (χ3v) is 8.43. The molecule has 2 atom stereocenters. The zero-order valence-electron chi connectivity index (χ0n) is 25.8. The van der Waals surface area contributed by atoms with Crippen molar-refractivity contribution < 1.29 is 32.6 Å². The number of hydrogen-bond donors (Lipinski definition) is 2. The number of thiol groups is 1. The van der Waals surface area contributed by atoms with E-state index in [0.717, 1.165) is 22.6 Å². The smallest absolute Gasteiger partial charge is 0.416 e. The SMILES string of the molecule is C/C=C(\C=C/CO)C1C(c2ccc(S)cc2)N=C(c2ccc(C(F)(F)F)cc2OC)N1C(=O)N1CCN(C(=O)c2ccncc2)CC1. The summed E-state index contributed by atoms with van der Waals surface area (Å²) in [5.41, 5.74) is 1.20. The predicted molar refractivity (Wildman–Crippen MR) is 174 cm³/mol. The molecule has 246 valence electrons. The van der Waals surface area contributed by atoms with Crippen molar-refractivity contribution in [1.82, 2.24) is 19.7 Å². The van der Waals surface area contributed by atoms with E-state index >= 15 is 0 Å². The Morgan fingerprint density at radius 1 is 1.02 bits per heavy atom. The summed E-state index contributed by atoms with van der Waals surface area (Å²) in [6.07, 6.45) is 3.54. The molecule has 13 heteroatoms. The number of ether oxygens (including phenoxy) is 1. The number of piperazine rings is 1. The van der Waals surface area contributed by atoms with E-state index in [0.29, 0.717) is 11.1 Å². The van der Waals surface area contributed by atoms with Crippen molar-refractivity contribution in [3.8, 4) is 5.75 Å². The molecule has 1 fully saturated rings. The summed E-state index contributed by atoms with van der Waals surface area (Å²) in [5.74, 6) is -0.131. The van der Waals surface area contributed by atoms with E-state index in [9.17, 15) is 27.9 Å². The van der Waals surface area contributed by atoms with E-state index in [1.165, 1.54) is 18.1 Å². The molecule has 0 spiro atoms. The molecule has 47 heavy (non-hydrogen) atoms. The molecule has 0 bridgehead atoms. The molecule has 2 aliphatic rings. The van der Waals surface area contributed by atoms with Gasteiger partial charge in [0, 0.05) is 49.0 Å². The standard InChI is InChI=1S/C34H34F3N5O4S/c1-3-22(5-4-20-43)30-29(23-6-9-26(47)10-7-23)39-31(27-11-8-25(34(35,36)37)21-28(27)46-2)42(30)33(45)41-18-16-40(17-19-41)32(44)24-12-14-38-15-13-24/h3-15,21,29-30,43,47H,16-20H2,1-2H3/b5-4-,22-3+. The normalized spacial score (nSPS) is 18.9. The lowest BCUT2D eigenvalue weighted by atomic mass is 9.93. The first kappa shape index (κ1) is 33.7. The first-order chi connectivity index (χ1) is 22.6. The van der Waals surface area contributed by atoms with Crippen LogP contribution in [0, 0.1) is 0 Å². The molecule has 2 aromatic carbocycles. The maximum absolute atomic E-state index is 14.6. The number of hydrogen-bond acceptors (Lipinski definition) is 7. The summed E-state index contributed by atoms with van der Waals surface area (Å²) >= 11 is 4.40. The van der Waals surface area contributed by atoms with Crippen LogP contribution in [0.2, 0.25) is 0 Å².